The normalized spacial score (nSPS) is 10.4. The standard InChI is InChI=1S/C17H14N4O5/c1-10-15(20-16(22)13-8-9-14(26-13)21(23)24)11(2)19-17(18-10)25-12-6-4-3-5-7-12/h3-9H,1-2H3,(H,20,22). The molecular weight excluding hydrogens is 340 g/mol. The summed E-state index contributed by atoms with van der Waals surface area (Å²) in [5.41, 5.74) is 1.35. The largest absolute Gasteiger partial charge is 0.433 e. The molecule has 3 aromatic rings. The SMILES string of the molecule is Cc1nc(Oc2ccccc2)nc(C)c1NC(=O)c1ccc([N+](=O)[O-])o1. The molecule has 0 aliphatic heterocycles. The molecule has 2 heterocycles. The van der Waals surface area contributed by atoms with Gasteiger partial charge in [0.1, 0.15) is 10.7 Å². The Labute approximate surface area is 147 Å². The van der Waals surface area contributed by atoms with Gasteiger partial charge in [0.2, 0.25) is 0 Å². The second-order valence-corrected chi connectivity index (χ2v) is 5.32. The number of aromatic nitrogens is 2. The number of carbonyl (C=O) groups is 1. The van der Waals surface area contributed by atoms with Gasteiger partial charge in [0, 0.05) is 0 Å². The Bertz CT molecular complexity index is 945. The number of amides is 1. The number of furan rings is 1. The van der Waals surface area contributed by atoms with Gasteiger partial charge in [0.15, 0.2) is 5.76 Å². The van der Waals surface area contributed by atoms with Crippen molar-refractivity contribution >= 4 is 17.5 Å². The molecule has 0 atom stereocenters. The molecule has 3 rings (SSSR count). The highest BCUT2D eigenvalue weighted by molar-refractivity contribution is 6.03. The lowest BCUT2D eigenvalue weighted by atomic mass is 10.2. The van der Waals surface area contributed by atoms with Crippen molar-refractivity contribution in [3.8, 4) is 11.8 Å². The van der Waals surface area contributed by atoms with E-state index in [1.807, 2.05) is 18.2 Å². The first-order valence-corrected chi connectivity index (χ1v) is 7.58. The van der Waals surface area contributed by atoms with Crippen molar-refractivity contribution in [1.29, 1.82) is 0 Å². The van der Waals surface area contributed by atoms with Crippen molar-refractivity contribution in [3.05, 3.63) is 69.7 Å². The molecule has 26 heavy (non-hydrogen) atoms. The predicted octanol–water partition coefficient (Wildman–Crippen LogP) is 3.64. The third-order valence-electron chi connectivity index (χ3n) is 3.44. The van der Waals surface area contributed by atoms with Gasteiger partial charge in [-0.15, -0.1) is 0 Å². The van der Waals surface area contributed by atoms with Crippen LogP contribution in [0.25, 0.3) is 0 Å². The van der Waals surface area contributed by atoms with Gasteiger partial charge in [-0.25, -0.2) is 0 Å². The third kappa shape index (κ3) is 3.66. The Kier molecular flexibility index (Phi) is 4.61. The second kappa shape index (κ2) is 7.01. The summed E-state index contributed by atoms with van der Waals surface area (Å²) in [7, 11) is 0. The maximum absolute atomic E-state index is 12.2. The fraction of sp³-hybridized carbons (Fsp3) is 0.118. The zero-order chi connectivity index (χ0) is 18.7. The number of ether oxygens (including phenoxy) is 1. The molecule has 1 N–H and O–H groups in total. The molecule has 1 amide bonds. The monoisotopic (exact) mass is 354 g/mol. The van der Waals surface area contributed by atoms with E-state index in [0.717, 1.165) is 6.07 Å². The molecular formula is C17H14N4O5. The van der Waals surface area contributed by atoms with Crippen molar-refractivity contribution in [2.75, 3.05) is 5.32 Å². The van der Waals surface area contributed by atoms with E-state index in [9.17, 15) is 14.9 Å². The summed E-state index contributed by atoms with van der Waals surface area (Å²) in [6.45, 7) is 3.37. The van der Waals surface area contributed by atoms with Crippen LogP contribution >= 0.6 is 0 Å². The topological polar surface area (TPSA) is 120 Å². The van der Waals surface area contributed by atoms with Crippen molar-refractivity contribution < 1.29 is 18.9 Å². The van der Waals surface area contributed by atoms with Crippen molar-refractivity contribution in [2.45, 2.75) is 13.8 Å². The van der Waals surface area contributed by atoms with E-state index in [1.54, 1.807) is 26.0 Å². The van der Waals surface area contributed by atoms with Gasteiger partial charge in [-0.2, -0.15) is 9.97 Å². The average Bonchev–Trinajstić information content (AvgIpc) is 3.09. The zero-order valence-electron chi connectivity index (χ0n) is 13.9. The van der Waals surface area contributed by atoms with Crippen LogP contribution in [0.4, 0.5) is 11.6 Å². The number of nitrogens with one attached hydrogen (secondary N) is 1. The van der Waals surface area contributed by atoms with Gasteiger partial charge in [0.05, 0.1) is 23.1 Å². The Morgan fingerprint density at radius 2 is 1.77 bits per heavy atom. The van der Waals surface area contributed by atoms with Crippen LogP contribution in [0.5, 0.6) is 11.8 Å². The Balaban J connectivity index is 1.79. The summed E-state index contributed by atoms with van der Waals surface area (Å²) in [6.07, 6.45) is 0. The molecule has 132 valence electrons. The minimum absolute atomic E-state index is 0.151. The lowest BCUT2D eigenvalue weighted by molar-refractivity contribution is -0.402. The number of para-hydroxylation sites is 1. The molecule has 2 aromatic heterocycles. The Morgan fingerprint density at radius 3 is 2.35 bits per heavy atom. The molecule has 0 aliphatic rings. The second-order valence-electron chi connectivity index (χ2n) is 5.32. The lowest BCUT2D eigenvalue weighted by Crippen LogP contribution is -2.14. The van der Waals surface area contributed by atoms with E-state index in [2.05, 4.69) is 15.3 Å². The van der Waals surface area contributed by atoms with Crippen LogP contribution in [-0.2, 0) is 0 Å². The Morgan fingerprint density at radius 1 is 1.12 bits per heavy atom. The molecule has 0 fully saturated rings. The zero-order valence-corrected chi connectivity index (χ0v) is 13.9. The van der Waals surface area contributed by atoms with E-state index in [0.29, 0.717) is 22.8 Å². The van der Waals surface area contributed by atoms with E-state index < -0.39 is 16.7 Å². The van der Waals surface area contributed by atoms with Gasteiger partial charge in [-0.1, -0.05) is 18.2 Å². The molecule has 0 spiro atoms. The number of aryl methyl sites for hydroxylation is 2. The highest BCUT2D eigenvalue weighted by Gasteiger charge is 2.19. The number of carbonyl (C=O) groups excluding carboxylic acids is 1. The average molecular weight is 354 g/mol. The van der Waals surface area contributed by atoms with Gasteiger partial charge in [-0.3, -0.25) is 14.9 Å². The first-order chi connectivity index (χ1) is 12.4. The minimum atomic E-state index is -0.716. The minimum Gasteiger partial charge on any atom is -0.424 e. The van der Waals surface area contributed by atoms with Crippen molar-refractivity contribution in [1.82, 2.24) is 9.97 Å². The predicted molar refractivity (Wildman–Crippen MR) is 91.3 cm³/mol. The number of nitrogens with zero attached hydrogens (tertiary/aromatic N) is 3. The van der Waals surface area contributed by atoms with E-state index in [-0.39, 0.29) is 11.8 Å². The van der Waals surface area contributed by atoms with Crippen LogP contribution in [0.1, 0.15) is 21.9 Å². The van der Waals surface area contributed by atoms with Gasteiger partial charge >= 0.3 is 11.9 Å². The van der Waals surface area contributed by atoms with Crippen LogP contribution in [0, 0.1) is 24.0 Å². The number of rotatable bonds is 5. The van der Waals surface area contributed by atoms with Crippen LogP contribution in [-0.4, -0.2) is 20.8 Å². The molecule has 1 aromatic carbocycles. The molecule has 0 aliphatic carbocycles. The van der Waals surface area contributed by atoms with Crippen LogP contribution in [0.15, 0.2) is 46.9 Å². The summed E-state index contributed by atoms with van der Waals surface area (Å²) < 4.78 is 10.5. The number of benzene rings is 1. The van der Waals surface area contributed by atoms with Gasteiger partial charge < -0.3 is 14.5 Å². The van der Waals surface area contributed by atoms with E-state index >= 15 is 0 Å². The number of nitro groups is 1. The third-order valence-corrected chi connectivity index (χ3v) is 3.44. The maximum atomic E-state index is 12.2. The number of anilines is 1. The maximum Gasteiger partial charge on any atom is 0.433 e. The highest BCUT2D eigenvalue weighted by atomic mass is 16.6. The highest BCUT2D eigenvalue weighted by Crippen LogP contribution is 2.24. The van der Waals surface area contributed by atoms with Crippen LogP contribution in [0.2, 0.25) is 0 Å². The van der Waals surface area contributed by atoms with E-state index in [1.165, 1.54) is 6.07 Å². The first kappa shape index (κ1) is 17.1. The molecule has 0 radical (unpaired) electrons. The molecule has 0 unspecified atom stereocenters. The van der Waals surface area contributed by atoms with Crippen LogP contribution in [0.3, 0.4) is 0 Å². The summed E-state index contributed by atoms with van der Waals surface area (Å²) in [6, 6.07) is 11.5. The lowest BCUT2D eigenvalue weighted by Gasteiger charge is -2.11. The molecule has 0 saturated carbocycles. The summed E-state index contributed by atoms with van der Waals surface area (Å²) in [5.74, 6) is -0.734. The molecule has 0 bridgehead atoms. The summed E-state index contributed by atoms with van der Waals surface area (Å²) in [5, 5.41) is 13.2. The summed E-state index contributed by atoms with van der Waals surface area (Å²) in [4.78, 5) is 30.6. The molecule has 9 nitrogen and oxygen atoms in total. The fourth-order valence-corrected chi connectivity index (χ4v) is 2.23. The smallest absolute Gasteiger partial charge is 0.424 e. The number of hydrogen-bond acceptors (Lipinski definition) is 7. The van der Waals surface area contributed by atoms with E-state index in [4.69, 9.17) is 9.15 Å². The van der Waals surface area contributed by atoms with Gasteiger partial charge in [-0.05, 0) is 32.0 Å². The van der Waals surface area contributed by atoms with Crippen molar-refractivity contribution in [2.24, 2.45) is 0 Å². The first-order valence-electron chi connectivity index (χ1n) is 7.58. The molecule has 0 saturated heterocycles. The fourth-order valence-electron chi connectivity index (χ4n) is 2.23. The van der Waals surface area contributed by atoms with Crippen molar-refractivity contribution in [3.63, 3.8) is 0 Å². The quantitative estimate of drug-likeness (QED) is 0.548. The van der Waals surface area contributed by atoms with Crippen LogP contribution < -0.4 is 10.1 Å². The summed E-state index contributed by atoms with van der Waals surface area (Å²) >= 11 is 0. The van der Waals surface area contributed by atoms with Gasteiger partial charge in [0.25, 0.3) is 5.91 Å². The Hall–Kier alpha value is -3.75. The molecule has 9 heteroatoms. The number of hydrogen-bond donors (Lipinski definition) is 1.